The summed E-state index contributed by atoms with van der Waals surface area (Å²) in [6, 6.07) is 19.6. The molecule has 0 radical (unpaired) electrons. The average molecular weight is 503 g/mol. The van der Waals surface area contributed by atoms with Crippen molar-refractivity contribution in [2.45, 2.75) is 20.0 Å². The molecule has 4 rings (SSSR count). The van der Waals surface area contributed by atoms with E-state index in [1.54, 1.807) is 0 Å². The Kier molecular flexibility index (Phi) is 8.97. The zero-order valence-electron chi connectivity index (χ0n) is 20.6. The molecule has 1 saturated heterocycles. The monoisotopic (exact) mass is 502 g/mol. The first kappa shape index (κ1) is 25.6. The SMILES string of the molecule is Cc1ccc(/C=C/Nc2cc(N3CCOCC3)nc(CN/C(=N/[N+](=O)[O-])NCc3ccccc3)n2)cc1. The van der Waals surface area contributed by atoms with E-state index in [1.807, 2.05) is 67.7 Å². The van der Waals surface area contributed by atoms with Crippen molar-refractivity contribution in [3.05, 3.63) is 99.5 Å². The van der Waals surface area contributed by atoms with E-state index < -0.39 is 5.03 Å². The van der Waals surface area contributed by atoms with Crippen molar-refractivity contribution >= 4 is 23.7 Å². The molecule has 0 unspecified atom stereocenters. The van der Waals surface area contributed by atoms with Gasteiger partial charge >= 0.3 is 0 Å². The van der Waals surface area contributed by atoms with Crippen LogP contribution in [0, 0.1) is 17.0 Å². The zero-order chi connectivity index (χ0) is 25.9. The Morgan fingerprint density at radius 2 is 1.81 bits per heavy atom. The molecule has 11 nitrogen and oxygen atoms in total. The number of nitro groups is 1. The standard InChI is InChI=1S/C26H30N8O3/c1-20-7-9-21(10-8-20)11-12-27-23-17-25(33-13-15-37-16-14-33)31-24(30-23)19-29-26(32-34(35)36)28-18-22-5-3-2-4-6-22/h2-12,17H,13-16,18-19H2,1H3,(H,27,30,31)(H2,28,29,32)/b12-11+. The smallest absolute Gasteiger partial charge is 0.269 e. The average Bonchev–Trinajstić information content (AvgIpc) is 2.92. The lowest BCUT2D eigenvalue weighted by atomic mass is 10.1. The second kappa shape index (κ2) is 13.0. The maximum Gasteiger partial charge on any atom is 0.269 e. The van der Waals surface area contributed by atoms with Gasteiger partial charge in [-0.3, -0.25) is 0 Å². The van der Waals surface area contributed by atoms with Crippen molar-refractivity contribution in [2.24, 2.45) is 5.10 Å². The first-order valence-corrected chi connectivity index (χ1v) is 12.0. The van der Waals surface area contributed by atoms with E-state index in [4.69, 9.17) is 4.74 Å². The number of rotatable bonds is 9. The molecule has 0 amide bonds. The highest BCUT2D eigenvalue weighted by Gasteiger charge is 2.15. The number of benzene rings is 2. The van der Waals surface area contributed by atoms with Gasteiger partial charge in [-0.15, -0.1) is 0 Å². The van der Waals surface area contributed by atoms with Gasteiger partial charge in [0, 0.05) is 31.9 Å². The highest BCUT2D eigenvalue weighted by Crippen LogP contribution is 2.18. The zero-order valence-corrected chi connectivity index (χ0v) is 20.6. The third-order valence-electron chi connectivity index (χ3n) is 5.58. The summed E-state index contributed by atoms with van der Waals surface area (Å²) in [5.41, 5.74) is 3.23. The summed E-state index contributed by atoms with van der Waals surface area (Å²) in [7, 11) is 0. The molecular formula is C26H30N8O3. The van der Waals surface area contributed by atoms with E-state index in [0.717, 1.165) is 30.0 Å². The van der Waals surface area contributed by atoms with Crippen LogP contribution in [0.5, 0.6) is 0 Å². The minimum atomic E-state index is -0.742. The lowest BCUT2D eigenvalue weighted by Gasteiger charge is -2.28. The Morgan fingerprint density at radius 1 is 1.08 bits per heavy atom. The van der Waals surface area contributed by atoms with Gasteiger partial charge < -0.3 is 25.6 Å². The van der Waals surface area contributed by atoms with Gasteiger partial charge in [0.1, 0.15) is 16.7 Å². The molecule has 192 valence electrons. The molecule has 1 aromatic heterocycles. The number of ether oxygens (including phenoxy) is 1. The van der Waals surface area contributed by atoms with Crippen molar-refractivity contribution in [2.75, 3.05) is 36.5 Å². The fraction of sp³-hybridized carbons (Fsp3) is 0.269. The third kappa shape index (κ3) is 8.29. The van der Waals surface area contributed by atoms with Crippen LogP contribution < -0.4 is 20.9 Å². The molecule has 37 heavy (non-hydrogen) atoms. The van der Waals surface area contributed by atoms with Gasteiger partial charge in [-0.25, -0.2) is 20.1 Å². The fourth-order valence-corrected chi connectivity index (χ4v) is 3.65. The molecule has 0 bridgehead atoms. The van der Waals surface area contributed by atoms with E-state index in [2.05, 4.69) is 48.1 Å². The highest BCUT2D eigenvalue weighted by molar-refractivity contribution is 5.79. The topological polar surface area (TPSA) is 130 Å². The van der Waals surface area contributed by atoms with Gasteiger partial charge in [0.25, 0.3) is 5.96 Å². The summed E-state index contributed by atoms with van der Waals surface area (Å²) >= 11 is 0. The molecule has 1 fully saturated rings. The van der Waals surface area contributed by atoms with Gasteiger partial charge in [-0.05, 0) is 24.1 Å². The number of guanidine groups is 1. The number of hydrazone groups is 1. The predicted octanol–water partition coefficient (Wildman–Crippen LogP) is 3.13. The number of nitrogens with zero attached hydrogens (tertiary/aromatic N) is 5. The number of aromatic nitrogens is 2. The molecule has 0 saturated carbocycles. The molecule has 1 aliphatic heterocycles. The molecular weight excluding hydrogens is 472 g/mol. The van der Waals surface area contributed by atoms with E-state index in [9.17, 15) is 10.1 Å². The van der Waals surface area contributed by atoms with Crippen molar-refractivity contribution in [3.63, 3.8) is 0 Å². The number of morpholine rings is 1. The van der Waals surface area contributed by atoms with E-state index in [0.29, 0.717) is 31.4 Å². The summed E-state index contributed by atoms with van der Waals surface area (Å²) in [5.74, 6) is 1.86. The number of hydrogen-bond acceptors (Lipinski definition) is 7. The molecule has 11 heteroatoms. The number of aryl methyl sites for hydroxylation is 1. The van der Waals surface area contributed by atoms with Crippen LogP contribution in [-0.2, 0) is 17.8 Å². The number of hydrogen-bond donors (Lipinski definition) is 3. The summed E-state index contributed by atoms with van der Waals surface area (Å²) in [5, 5.41) is 22.9. The van der Waals surface area contributed by atoms with E-state index >= 15 is 0 Å². The molecule has 1 aliphatic rings. The van der Waals surface area contributed by atoms with Gasteiger partial charge in [0.2, 0.25) is 0 Å². The Balaban J connectivity index is 1.48. The van der Waals surface area contributed by atoms with Crippen molar-refractivity contribution < 1.29 is 9.77 Å². The van der Waals surface area contributed by atoms with Crippen LogP contribution in [0.3, 0.4) is 0 Å². The molecule has 0 spiro atoms. The lowest BCUT2D eigenvalue weighted by Crippen LogP contribution is -2.38. The van der Waals surface area contributed by atoms with Crippen molar-refractivity contribution in [3.8, 4) is 0 Å². The number of anilines is 2. The summed E-state index contributed by atoms with van der Waals surface area (Å²) in [6.07, 6.45) is 3.79. The van der Waals surface area contributed by atoms with E-state index in [1.165, 1.54) is 5.56 Å². The molecule has 0 atom stereocenters. The molecule has 3 N–H and O–H groups in total. The Bertz CT molecular complexity index is 1230. The summed E-state index contributed by atoms with van der Waals surface area (Å²) < 4.78 is 5.47. The highest BCUT2D eigenvalue weighted by atomic mass is 16.7. The van der Waals surface area contributed by atoms with Crippen LogP contribution in [0.2, 0.25) is 0 Å². The second-order valence-electron chi connectivity index (χ2n) is 8.39. The first-order valence-electron chi connectivity index (χ1n) is 12.0. The largest absolute Gasteiger partial charge is 0.378 e. The Hall–Kier alpha value is -4.51. The van der Waals surface area contributed by atoms with Crippen LogP contribution >= 0.6 is 0 Å². The molecule has 2 aromatic carbocycles. The molecule has 2 heterocycles. The van der Waals surface area contributed by atoms with Crippen molar-refractivity contribution in [1.29, 1.82) is 0 Å². The maximum atomic E-state index is 11.1. The summed E-state index contributed by atoms with van der Waals surface area (Å²) in [4.78, 5) is 22.5. The fourth-order valence-electron chi connectivity index (χ4n) is 3.65. The van der Waals surface area contributed by atoms with Crippen LogP contribution in [0.25, 0.3) is 6.08 Å². The third-order valence-corrected chi connectivity index (χ3v) is 5.58. The maximum absolute atomic E-state index is 11.1. The molecule has 3 aromatic rings. The van der Waals surface area contributed by atoms with Crippen LogP contribution in [0.15, 0.2) is 72.0 Å². The molecule has 0 aliphatic carbocycles. The van der Waals surface area contributed by atoms with Crippen LogP contribution in [0.4, 0.5) is 11.6 Å². The van der Waals surface area contributed by atoms with Crippen molar-refractivity contribution in [1.82, 2.24) is 20.6 Å². The van der Waals surface area contributed by atoms with E-state index in [-0.39, 0.29) is 12.5 Å². The minimum absolute atomic E-state index is 0.0306. The van der Waals surface area contributed by atoms with Gasteiger partial charge in [-0.1, -0.05) is 60.2 Å². The normalized spacial score (nSPS) is 14.0. The Labute approximate surface area is 215 Å². The lowest BCUT2D eigenvalue weighted by molar-refractivity contribution is -0.485. The van der Waals surface area contributed by atoms with Gasteiger partial charge in [0.15, 0.2) is 10.9 Å². The Morgan fingerprint density at radius 3 is 2.54 bits per heavy atom. The van der Waals surface area contributed by atoms with Crippen LogP contribution in [0.1, 0.15) is 22.5 Å². The van der Waals surface area contributed by atoms with Gasteiger partial charge in [-0.2, -0.15) is 0 Å². The second-order valence-corrected chi connectivity index (χ2v) is 8.39. The minimum Gasteiger partial charge on any atom is -0.378 e. The quantitative estimate of drug-likeness (QED) is 0.175. The van der Waals surface area contributed by atoms with Gasteiger partial charge in [0.05, 0.1) is 19.8 Å². The number of nitrogens with one attached hydrogen (secondary N) is 3. The summed E-state index contributed by atoms with van der Waals surface area (Å²) in [6.45, 7) is 5.25. The predicted molar refractivity (Wildman–Crippen MR) is 143 cm³/mol. The first-order chi connectivity index (χ1) is 18.0. The van der Waals surface area contributed by atoms with Crippen LogP contribution in [-0.4, -0.2) is 47.3 Å².